The van der Waals surface area contributed by atoms with Gasteiger partial charge < -0.3 is 10.0 Å². The monoisotopic (exact) mass is 442 g/mol. The van der Waals surface area contributed by atoms with E-state index in [4.69, 9.17) is 9.90 Å². The van der Waals surface area contributed by atoms with Crippen LogP contribution >= 0.6 is 11.3 Å². The third-order valence-electron chi connectivity index (χ3n) is 5.18. The van der Waals surface area contributed by atoms with E-state index >= 15 is 0 Å². The molecule has 0 bridgehead atoms. The van der Waals surface area contributed by atoms with Gasteiger partial charge in [0.05, 0.1) is 6.20 Å². The molecule has 0 aliphatic carbocycles. The van der Waals surface area contributed by atoms with Gasteiger partial charge in [-0.25, -0.2) is 9.78 Å². The molecule has 2 aromatic heterocycles. The normalized spacial score (nSPS) is 21.5. The maximum atomic E-state index is 12.5. The largest absolute Gasteiger partial charge is 0.490 e. The van der Waals surface area contributed by atoms with Crippen molar-refractivity contribution < 1.29 is 27.9 Å². The van der Waals surface area contributed by atoms with Crippen molar-refractivity contribution in [1.82, 2.24) is 19.8 Å². The molecule has 4 heterocycles. The number of rotatable bonds is 3. The van der Waals surface area contributed by atoms with Gasteiger partial charge in [-0.05, 0) is 40.6 Å². The second-order valence-corrected chi connectivity index (χ2v) is 8.06. The standard InChI is InChI=1S/C17H20N4OS.C2HF3O2/c22-17(16-7-18-3-4-19-16)21-5-1-14-9-20(10-15(14)11-21)8-13-2-6-23-12-13;3-2(4,5)1(6)7/h2-4,6-7,12,14-15H,1,5,8-11H2;(H,6,7)/t14-,15-;/m1./s1. The zero-order valence-electron chi connectivity index (χ0n) is 16.0. The fourth-order valence-electron chi connectivity index (χ4n) is 3.79. The molecular weight excluding hydrogens is 421 g/mol. The van der Waals surface area contributed by atoms with Crippen molar-refractivity contribution in [2.45, 2.75) is 19.1 Å². The molecule has 0 spiro atoms. The molecule has 0 radical (unpaired) electrons. The molecule has 0 saturated carbocycles. The number of likely N-dealkylation sites (tertiary alicyclic amines) is 2. The summed E-state index contributed by atoms with van der Waals surface area (Å²) < 4.78 is 31.7. The molecule has 2 fully saturated rings. The summed E-state index contributed by atoms with van der Waals surface area (Å²) >= 11 is 1.76. The number of carboxylic acid groups (broad SMARTS) is 1. The van der Waals surface area contributed by atoms with Crippen molar-refractivity contribution >= 4 is 23.2 Å². The molecule has 1 amide bonds. The quantitative estimate of drug-likeness (QED) is 0.787. The third-order valence-corrected chi connectivity index (χ3v) is 5.91. The van der Waals surface area contributed by atoms with Gasteiger partial charge in [0.15, 0.2) is 0 Å². The second kappa shape index (κ2) is 9.52. The van der Waals surface area contributed by atoms with Gasteiger partial charge in [0, 0.05) is 45.1 Å². The first-order valence-electron chi connectivity index (χ1n) is 9.33. The number of carboxylic acids is 1. The molecule has 30 heavy (non-hydrogen) atoms. The van der Waals surface area contributed by atoms with Crippen LogP contribution in [0.3, 0.4) is 0 Å². The number of halogens is 3. The van der Waals surface area contributed by atoms with Crippen LogP contribution in [0.1, 0.15) is 22.5 Å². The summed E-state index contributed by atoms with van der Waals surface area (Å²) in [5.41, 5.74) is 1.86. The summed E-state index contributed by atoms with van der Waals surface area (Å²) in [6, 6.07) is 2.20. The molecule has 162 valence electrons. The highest BCUT2D eigenvalue weighted by Crippen LogP contribution is 2.32. The minimum Gasteiger partial charge on any atom is -0.475 e. The lowest BCUT2D eigenvalue weighted by Gasteiger charge is -2.34. The Morgan fingerprint density at radius 1 is 1.20 bits per heavy atom. The molecule has 11 heteroatoms. The Morgan fingerprint density at radius 3 is 2.53 bits per heavy atom. The molecule has 2 aliphatic rings. The van der Waals surface area contributed by atoms with Crippen LogP contribution in [0.4, 0.5) is 13.2 Å². The van der Waals surface area contributed by atoms with E-state index in [2.05, 4.69) is 31.7 Å². The fourth-order valence-corrected chi connectivity index (χ4v) is 4.45. The number of hydrogen-bond donors (Lipinski definition) is 1. The van der Waals surface area contributed by atoms with E-state index in [9.17, 15) is 18.0 Å². The molecule has 2 aromatic rings. The van der Waals surface area contributed by atoms with Crippen LogP contribution < -0.4 is 0 Å². The number of nitrogens with zero attached hydrogens (tertiary/aromatic N) is 4. The van der Waals surface area contributed by atoms with Crippen LogP contribution in [-0.4, -0.2) is 69.1 Å². The highest BCUT2D eigenvalue weighted by atomic mass is 32.1. The van der Waals surface area contributed by atoms with Gasteiger partial charge in [-0.15, -0.1) is 0 Å². The summed E-state index contributed by atoms with van der Waals surface area (Å²) in [5.74, 6) is -1.43. The van der Waals surface area contributed by atoms with Gasteiger partial charge >= 0.3 is 12.1 Å². The molecule has 7 nitrogen and oxygen atoms in total. The molecular formula is C19H21F3N4O3S. The molecule has 2 atom stereocenters. The van der Waals surface area contributed by atoms with Gasteiger partial charge in [-0.1, -0.05) is 0 Å². The maximum Gasteiger partial charge on any atom is 0.490 e. The number of aromatic nitrogens is 2. The first-order valence-corrected chi connectivity index (χ1v) is 10.3. The summed E-state index contributed by atoms with van der Waals surface area (Å²) in [5, 5.41) is 11.5. The minimum absolute atomic E-state index is 0.0211. The van der Waals surface area contributed by atoms with Gasteiger partial charge in [-0.3, -0.25) is 14.7 Å². The average molecular weight is 442 g/mol. The van der Waals surface area contributed by atoms with Gasteiger partial charge in [-0.2, -0.15) is 24.5 Å². The highest BCUT2D eigenvalue weighted by Gasteiger charge is 2.39. The molecule has 2 saturated heterocycles. The van der Waals surface area contributed by atoms with Crippen LogP contribution in [0, 0.1) is 11.8 Å². The lowest BCUT2D eigenvalue weighted by atomic mass is 9.88. The van der Waals surface area contributed by atoms with Crippen LogP contribution in [-0.2, 0) is 11.3 Å². The van der Waals surface area contributed by atoms with E-state index in [1.807, 2.05) is 4.90 Å². The summed E-state index contributed by atoms with van der Waals surface area (Å²) in [7, 11) is 0. The SMILES string of the molecule is O=C(O)C(F)(F)F.O=C(c1cnccn1)N1CC[C@@H]2CN(Cc3ccsc3)C[C@@H]2C1. The number of hydrogen-bond acceptors (Lipinski definition) is 6. The Labute approximate surface area is 175 Å². The Morgan fingerprint density at radius 2 is 1.93 bits per heavy atom. The van der Waals surface area contributed by atoms with Crippen LogP contribution in [0.25, 0.3) is 0 Å². The zero-order valence-corrected chi connectivity index (χ0v) is 16.8. The summed E-state index contributed by atoms with van der Waals surface area (Å²) in [6.07, 6.45) is 0.753. The average Bonchev–Trinajstić information content (AvgIpc) is 3.36. The maximum absolute atomic E-state index is 12.5. The lowest BCUT2D eigenvalue weighted by Crippen LogP contribution is -2.43. The lowest BCUT2D eigenvalue weighted by molar-refractivity contribution is -0.192. The smallest absolute Gasteiger partial charge is 0.475 e. The van der Waals surface area contributed by atoms with E-state index in [1.165, 1.54) is 5.56 Å². The number of amides is 1. The fraction of sp³-hybridized carbons (Fsp3) is 0.474. The van der Waals surface area contributed by atoms with Crippen molar-refractivity contribution in [2.75, 3.05) is 26.2 Å². The molecule has 1 N–H and O–H groups in total. The molecule has 0 aromatic carbocycles. The number of carbonyl (C=O) groups excluding carboxylic acids is 1. The first kappa shape index (κ1) is 22.2. The van der Waals surface area contributed by atoms with E-state index in [0.717, 1.165) is 45.1 Å². The Bertz CT molecular complexity index is 848. The Hall–Kier alpha value is -2.53. The first-order chi connectivity index (χ1) is 14.2. The zero-order chi connectivity index (χ0) is 21.7. The van der Waals surface area contributed by atoms with Crippen LogP contribution in [0.15, 0.2) is 35.4 Å². The topological polar surface area (TPSA) is 86.6 Å². The van der Waals surface area contributed by atoms with Crippen molar-refractivity contribution in [2.24, 2.45) is 11.8 Å². The number of thiophene rings is 1. The Kier molecular flexibility index (Phi) is 7.03. The number of fused-ring (bicyclic) bond motifs is 1. The van der Waals surface area contributed by atoms with Crippen LogP contribution in [0.2, 0.25) is 0 Å². The van der Waals surface area contributed by atoms with Gasteiger partial charge in [0.1, 0.15) is 5.69 Å². The van der Waals surface area contributed by atoms with Crippen molar-refractivity contribution in [1.29, 1.82) is 0 Å². The third kappa shape index (κ3) is 5.76. The minimum atomic E-state index is -5.08. The van der Waals surface area contributed by atoms with E-state index in [-0.39, 0.29) is 5.91 Å². The van der Waals surface area contributed by atoms with Crippen molar-refractivity contribution in [3.05, 3.63) is 46.7 Å². The molecule has 0 unspecified atom stereocenters. The molecule has 4 rings (SSSR count). The highest BCUT2D eigenvalue weighted by molar-refractivity contribution is 7.07. The predicted octanol–water partition coefficient (Wildman–Crippen LogP) is 2.77. The van der Waals surface area contributed by atoms with Crippen LogP contribution in [0.5, 0.6) is 0 Å². The number of piperidine rings is 1. The van der Waals surface area contributed by atoms with E-state index < -0.39 is 12.1 Å². The summed E-state index contributed by atoms with van der Waals surface area (Å²) in [6.45, 7) is 4.97. The Balaban J connectivity index is 0.000000318. The van der Waals surface area contributed by atoms with Gasteiger partial charge in [0.25, 0.3) is 5.91 Å². The second-order valence-electron chi connectivity index (χ2n) is 7.28. The predicted molar refractivity (Wildman–Crippen MR) is 103 cm³/mol. The summed E-state index contributed by atoms with van der Waals surface area (Å²) in [4.78, 5) is 34.1. The van der Waals surface area contributed by atoms with E-state index in [0.29, 0.717) is 11.6 Å². The number of alkyl halides is 3. The number of carbonyl (C=O) groups is 2. The van der Waals surface area contributed by atoms with Gasteiger partial charge in [0.2, 0.25) is 0 Å². The van der Waals surface area contributed by atoms with Crippen molar-refractivity contribution in [3.8, 4) is 0 Å². The van der Waals surface area contributed by atoms with Crippen molar-refractivity contribution in [3.63, 3.8) is 0 Å². The van der Waals surface area contributed by atoms with E-state index in [1.54, 1.807) is 29.9 Å². The number of aliphatic carboxylic acids is 1. The molecule has 2 aliphatic heterocycles.